The Hall–Kier alpha value is -2.44. The van der Waals surface area contributed by atoms with Gasteiger partial charge in [0.05, 0.1) is 17.4 Å². The second-order valence-corrected chi connectivity index (χ2v) is 6.04. The van der Waals surface area contributed by atoms with Crippen LogP contribution in [0, 0.1) is 6.92 Å². The van der Waals surface area contributed by atoms with E-state index in [1.807, 2.05) is 6.92 Å². The van der Waals surface area contributed by atoms with Gasteiger partial charge in [0.2, 0.25) is 0 Å². The first kappa shape index (κ1) is 16.4. The summed E-state index contributed by atoms with van der Waals surface area (Å²) in [5.74, 6) is 0.389. The van der Waals surface area contributed by atoms with E-state index in [0.29, 0.717) is 28.6 Å². The molecule has 5 nitrogen and oxygen atoms in total. The molecule has 0 aliphatic carbocycles. The number of benzene rings is 2. The van der Waals surface area contributed by atoms with Crippen LogP contribution in [0.2, 0.25) is 5.02 Å². The van der Waals surface area contributed by atoms with Gasteiger partial charge in [0, 0.05) is 16.3 Å². The fourth-order valence-electron chi connectivity index (χ4n) is 2.00. The van der Waals surface area contributed by atoms with Gasteiger partial charge in [-0.05, 0) is 49.4 Å². The monoisotopic (exact) mass is 359 g/mol. The van der Waals surface area contributed by atoms with Crippen molar-refractivity contribution in [1.29, 1.82) is 0 Å². The van der Waals surface area contributed by atoms with E-state index in [0.717, 1.165) is 23.1 Å². The third-order valence-corrected chi connectivity index (χ3v) is 4.23. The molecule has 1 N–H and O–H groups in total. The maximum atomic E-state index is 12.3. The number of nitrogens with zero attached hydrogens (tertiary/aromatic N) is 2. The van der Waals surface area contributed by atoms with Gasteiger partial charge in [0.1, 0.15) is 18.1 Å². The van der Waals surface area contributed by atoms with Gasteiger partial charge in [-0.2, -0.15) is 8.75 Å². The molecule has 0 aliphatic heterocycles. The number of carbonyl (C=O) groups is 1. The normalized spacial score (nSPS) is 10.4. The van der Waals surface area contributed by atoms with Gasteiger partial charge in [-0.3, -0.25) is 4.79 Å². The predicted octanol–water partition coefficient (Wildman–Crippen LogP) is 4.33. The van der Waals surface area contributed by atoms with Gasteiger partial charge < -0.3 is 10.1 Å². The van der Waals surface area contributed by atoms with Crippen LogP contribution in [-0.2, 0) is 6.61 Å². The summed E-state index contributed by atoms with van der Waals surface area (Å²) >= 11 is 6.99. The molecule has 0 aliphatic rings. The van der Waals surface area contributed by atoms with Crippen molar-refractivity contribution in [2.75, 3.05) is 5.32 Å². The highest BCUT2D eigenvalue weighted by molar-refractivity contribution is 6.99. The minimum absolute atomic E-state index is 0.214. The number of halogens is 1. The van der Waals surface area contributed by atoms with Gasteiger partial charge >= 0.3 is 0 Å². The summed E-state index contributed by atoms with van der Waals surface area (Å²) in [6.07, 6.45) is 0. The Morgan fingerprint density at radius 2 is 2.00 bits per heavy atom. The zero-order chi connectivity index (χ0) is 16.9. The van der Waals surface area contributed by atoms with E-state index in [2.05, 4.69) is 14.1 Å². The molecule has 0 saturated carbocycles. The van der Waals surface area contributed by atoms with E-state index in [1.165, 1.54) is 0 Å². The number of hydrogen-bond acceptors (Lipinski definition) is 5. The van der Waals surface area contributed by atoms with Crippen molar-refractivity contribution in [3.63, 3.8) is 0 Å². The number of nitrogens with one attached hydrogen (secondary N) is 1. The topological polar surface area (TPSA) is 64.1 Å². The standard InChI is InChI=1S/C17H14ClN3O2S/c1-11-16(21-24-20-11)10-23-15-4-2-3-12(9-15)17(22)19-14-7-5-13(18)6-8-14/h2-9H,10H2,1H3,(H,19,22). The van der Waals surface area contributed by atoms with E-state index in [-0.39, 0.29) is 5.91 Å². The first-order valence-corrected chi connectivity index (χ1v) is 8.30. The SMILES string of the molecule is Cc1nsnc1COc1cccc(C(=O)Nc2ccc(Cl)cc2)c1. The first-order chi connectivity index (χ1) is 11.6. The average Bonchev–Trinajstić information content (AvgIpc) is 3.00. The van der Waals surface area contributed by atoms with Crippen molar-refractivity contribution in [3.8, 4) is 5.75 Å². The molecule has 122 valence electrons. The van der Waals surface area contributed by atoms with Crippen LogP contribution < -0.4 is 10.1 Å². The Labute approximate surface area is 148 Å². The Balaban J connectivity index is 1.66. The lowest BCUT2D eigenvalue weighted by atomic mass is 10.2. The largest absolute Gasteiger partial charge is 0.487 e. The molecular formula is C17H14ClN3O2S. The Kier molecular flexibility index (Phi) is 5.08. The summed E-state index contributed by atoms with van der Waals surface area (Å²) in [6.45, 7) is 2.21. The molecule has 7 heteroatoms. The minimum Gasteiger partial charge on any atom is -0.487 e. The first-order valence-electron chi connectivity index (χ1n) is 7.19. The summed E-state index contributed by atoms with van der Waals surface area (Å²) in [5, 5.41) is 3.44. The van der Waals surface area contributed by atoms with Crippen LogP contribution in [0.25, 0.3) is 0 Å². The van der Waals surface area contributed by atoms with Crippen molar-refractivity contribution >= 4 is 34.9 Å². The second kappa shape index (κ2) is 7.42. The fraction of sp³-hybridized carbons (Fsp3) is 0.118. The Morgan fingerprint density at radius 1 is 1.21 bits per heavy atom. The van der Waals surface area contributed by atoms with Crippen LogP contribution in [0.15, 0.2) is 48.5 Å². The van der Waals surface area contributed by atoms with E-state index < -0.39 is 0 Å². The smallest absolute Gasteiger partial charge is 0.255 e. The molecule has 1 heterocycles. The molecular weight excluding hydrogens is 346 g/mol. The zero-order valence-electron chi connectivity index (χ0n) is 12.8. The second-order valence-electron chi connectivity index (χ2n) is 5.07. The number of aryl methyl sites for hydroxylation is 1. The molecule has 0 saturated heterocycles. The van der Waals surface area contributed by atoms with Crippen molar-refractivity contribution in [3.05, 3.63) is 70.5 Å². The van der Waals surface area contributed by atoms with Crippen molar-refractivity contribution in [2.24, 2.45) is 0 Å². The predicted molar refractivity (Wildman–Crippen MR) is 94.8 cm³/mol. The summed E-state index contributed by atoms with van der Waals surface area (Å²) in [6, 6.07) is 13.9. The van der Waals surface area contributed by atoms with E-state index in [9.17, 15) is 4.79 Å². The highest BCUT2D eigenvalue weighted by Crippen LogP contribution is 2.18. The number of hydrogen-bond donors (Lipinski definition) is 1. The molecule has 0 radical (unpaired) electrons. The minimum atomic E-state index is -0.214. The summed E-state index contributed by atoms with van der Waals surface area (Å²) in [7, 11) is 0. The van der Waals surface area contributed by atoms with Gasteiger partial charge in [0.15, 0.2) is 0 Å². The van der Waals surface area contributed by atoms with Crippen LogP contribution in [-0.4, -0.2) is 14.7 Å². The lowest BCUT2D eigenvalue weighted by Gasteiger charge is -2.08. The molecule has 1 aromatic heterocycles. The fourth-order valence-corrected chi connectivity index (χ4v) is 2.67. The van der Waals surface area contributed by atoms with Crippen LogP contribution in [0.3, 0.4) is 0 Å². The third-order valence-electron chi connectivity index (χ3n) is 3.32. The lowest BCUT2D eigenvalue weighted by Crippen LogP contribution is -2.11. The van der Waals surface area contributed by atoms with Crippen molar-refractivity contribution in [2.45, 2.75) is 13.5 Å². The quantitative estimate of drug-likeness (QED) is 0.736. The molecule has 1 amide bonds. The van der Waals surface area contributed by atoms with Crippen molar-refractivity contribution < 1.29 is 9.53 Å². The van der Waals surface area contributed by atoms with E-state index in [4.69, 9.17) is 16.3 Å². The van der Waals surface area contributed by atoms with E-state index in [1.54, 1.807) is 48.5 Å². The Morgan fingerprint density at radius 3 is 2.71 bits per heavy atom. The molecule has 3 rings (SSSR count). The van der Waals surface area contributed by atoms with Crippen LogP contribution in [0.1, 0.15) is 21.7 Å². The van der Waals surface area contributed by atoms with Crippen LogP contribution in [0.4, 0.5) is 5.69 Å². The molecule has 0 unspecified atom stereocenters. The molecule has 0 atom stereocenters. The lowest BCUT2D eigenvalue weighted by molar-refractivity contribution is 0.102. The molecule has 24 heavy (non-hydrogen) atoms. The van der Waals surface area contributed by atoms with Crippen molar-refractivity contribution in [1.82, 2.24) is 8.75 Å². The van der Waals surface area contributed by atoms with Gasteiger partial charge in [0.25, 0.3) is 5.91 Å². The maximum Gasteiger partial charge on any atom is 0.255 e. The average molecular weight is 360 g/mol. The van der Waals surface area contributed by atoms with Crippen LogP contribution >= 0.6 is 23.3 Å². The highest BCUT2D eigenvalue weighted by Gasteiger charge is 2.09. The molecule has 0 bridgehead atoms. The summed E-state index contributed by atoms with van der Waals surface area (Å²) in [4.78, 5) is 12.3. The molecule has 0 fully saturated rings. The van der Waals surface area contributed by atoms with E-state index >= 15 is 0 Å². The van der Waals surface area contributed by atoms with Gasteiger partial charge in [-0.1, -0.05) is 17.7 Å². The summed E-state index contributed by atoms with van der Waals surface area (Å²) < 4.78 is 14.0. The maximum absolute atomic E-state index is 12.3. The highest BCUT2D eigenvalue weighted by atomic mass is 35.5. The number of carbonyl (C=O) groups excluding carboxylic acids is 1. The molecule has 2 aromatic carbocycles. The number of anilines is 1. The Bertz CT molecular complexity index is 849. The zero-order valence-corrected chi connectivity index (χ0v) is 14.4. The van der Waals surface area contributed by atoms with Gasteiger partial charge in [-0.25, -0.2) is 0 Å². The van der Waals surface area contributed by atoms with Crippen LogP contribution in [0.5, 0.6) is 5.75 Å². The van der Waals surface area contributed by atoms with Gasteiger partial charge in [-0.15, -0.1) is 0 Å². The number of aromatic nitrogens is 2. The summed E-state index contributed by atoms with van der Waals surface area (Å²) in [5.41, 5.74) is 2.85. The third kappa shape index (κ3) is 4.10. The number of amides is 1. The molecule has 3 aromatic rings. The number of ether oxygens (including phenoxy) is 1. The number of rotatable bonds is 5. The molecule has 0 spiro atoms.